The molecule has 2 aromatic rings. The van der Waals surface area contributed by atoms with Gasteiger partial charge >= 0.3 is 0 Å². The summed E-state index contributed by atoms with van der Waals surface area (Å²) in [6, 6.07) is 11.3. The Morgan fingerprint density at radius 3 is 2.43 bits per heavy atom. The Kier molecular flexibility index (Phi) is 8.35. The van der Waals surface area contributed by atoms with Crippen LogP contribution < -0.4 is 16.4 Å². The summed E-state index contributed by atoms with van der Waals surface area (Å²) in [5, 5.41) is 5.90. The van der Waals surface area contributed by atoms with Crippen LogP contribution in [-0.2, 0) is 16.1 Å². The van der Waals surface area contributed by atoms with Crippen molar-refractivity contribution in [3.8, 4) is 0 Å². The quantitative estimate of drug-likeness (QED) is 0.587. The number of hydrogen-bond acceptors (Lipinski definition) is 5. The molecular weight excluding hydrogens is 378 g/mol. The second-order valence-electron chi connectivity index (χ2n) is 7.96. The van der Waals surface area contributed by atoms with E-state index >= 15 is 0 Å². The average Bonchev–Trinajstić information content (AvgIpc) is 2.72. The van der Waals surface area contributed by atoms with Crippen LogP contribution in [0.1, 0.15) is 43.4 Å². The summed E-state index contributed by atoms with van der Waals surface area (Å²) in [6.45, 7) is 8.50. The molecule has 0 bridgehead atoms. The molecule has 0 saturated heterocycles. The van der Waals surface area contributed by atoms with Crippen molar-refractivity contribution in [2.75, 3.05) is 19.3 Å². The number of nitrogens with one attached hydrogen (secondary N) is 2. The molecule has 7 nitrogen and oxygen atoms in total. The maximum Gasteiger partial charge on any atom is 0.237 e. The Labute approximate surface area is 179 Å². The molecule has 2 amide bonds. The van der Waals surface area contributed by atoms with Crippen LogP contribution in [0, 0.1) is 6.92 Å². The molecule has 2 rings (SSSR count). The van der Waals surface area contributed by atoms with Crippen LogP contribution in [-0.4, -0.2) is 47.4 Å². The van der Waals surface area contributed by atoms with Gasteiger partial charge in [0.15, 0.2) is 0 Å². The monoisotopic (exact) mass is 411 g/mol. The number of hydrogen-bond donors (Lipinski definition) is 3. The Hall–Kier alpha value is -2.93. The molecule has 0 unspecified atom stereocenters. The lowest BCUT2D eigenvalue weighted by atomic mass is 9.96. The molecule has 7 heteroatoms. The van der Waals surface area contributed by atoms with Crippen LogP contribution >= 0.6 is 0 Å². The van der Waals surface area contributed by atoms with E-state index in [2.05, 4.69) is 15.6 Å². The van der Waals surface area contributed by atoms with Crippen LogP contribution in [0.15, 0.2) is 42.6 Å². The van der Waals surface area contributed by atoms with Gasteiger partial charge in [0.05, 0.1) is 12.0 Å². The third kappa shape index (κ3) is 6.56. The second-order valence-corrected chi connectivity index (χ2v) is 7.96. The molecule has 0 radical (unpaired) electrons. The van der Waals surface area contributed by atoms with Crippen molar-refractivity contribution in [3.05, 3.63) is 59.3 Å². The highest BCUT2D eigenvalue weighted by Crippen LogP contribution is 2.17. The molecule has 4 N–H and O–H groups in total. The summed E-state index contributed by atoms with van der Waals surface area (Å²) < 4.78 is 0. The second kappa shape index (κ2) is 10.7. The van der Waals surface area contributed by atoms with Gasteiger partial charge in [-0.1, -0.05) is 35.9 Å². The number of anilines is 1. The van der Waals surface area contributed by atoms with E-state index in [0.29, 0.717) is 12.4 Å². The molecule has 0 spiro atoms. The number of benzene rings is 1. The van der Waals surface area contributed by atoms with E-state index < -0.39 is 5.92 Å². The highest BCUT2D eigenvalue weighted by molar-refractivity contribution is 5.86. The van der Waals surface area contributed by atoms with Crippen LogP contribution in [0.4, 0.5) is 5.82 Å². The zero-order valence-electron chi connectivity index (χ0n) is 18.5. The smallest absolute Gasteiger partial charge is 0.237 e. The molecule has 1 aromatic carbocycles. The van der Waals surface area contributed by atoms with Crippen molar-refractivity contribution < 1.29 is 9.59 Å². The molecule has 162 valence electrons. The third-order valence-corrected chi connectivity index (χ3v) is 5.36. The molecule has 0 fully saturated rings. The van der Waals surface area contributed by atoms with Gasteiger partial charge in [0, 0.05) is 25.3 Å². The number of nitrogens with two attached hydrogens (primary N) is 1. The Bertz CT molecular complexity index is 851. The number of nitrogen functional groups attached to an aromatic ring is 1. The minimum absolute atomic E-state index is 0.0978. The van der Waals surface area contributed by atoms with Gasteiger partial charge in [-0.25, -0.2) is 4.98 Å². The first kappa shape index (κ1) is 23.3. The molecule has 1 aromatic heterocycles. The van der Waals surface area contributed by atoms with Gasteiger partial charge in [0.2, 0.25) is 11.8 Å². The van der Waals surface area contributed by atoms with E-state index in [1.807, 2.05) is 70.0 Å². The van der Waals surface area contributed by atoms with Gasteiger partial charge in [0.25, 0.3) is 0 Å². The van der Waals surface area contributed by atoms with Crippen molar-refractivity contribution in [1.82, 2.24) is 20.5 Å². The number of pyridine rings is 1. The summed E-state index contributed by atoms with van der Waals surface area (Å²) in [4.78, 5) is 31.7. The largest absolute Gasteiger partial charge is 0.384 e. The van der Waals surface area contributed by atoms with Gasteiger partial charge < -0.3 is 16.4 Å². The Morgan fingerprint density at radius 1 is 1.10 bits per heavy atom. The van der Waals surface area contributed by atoms with Crippen LogP contribution in [0.2, 0.25) is 0 Å². The zero-order valence-corrected chi connectivity index (χ0v) is 18.5. The van der Waals surface area contributed by atoms with E-state index in [-0.39, 0.29) is 30.4 Å². The fourth-order valence-electron chi connectivity index (χ4n) is 3.08. The number of aryl methyl sites for hydroxylation is 1. The van der Waals surface area contributed by atoms with Gasteiger partial charge in [0.1, 0.15) is 5.82 Å². The topological polar surface area (TPSA) is 100 Å². The lowest BCUT2D eigenvalue weighted by Gasteiger charge is -2.28. The lowest BCUT2D eigenvalue weighted by molar-refractivity contribution is -0.126. The minimum Gasteiger partial charge on any atom is -0.384 e. The van der Waals surface area contributed by atoms with Gasteiger partial charge in [-0.05, 0) is 51.9 Å². The SMILES string of the molecule is Cc1cccc([C@H](CNC(=O)[C@H](C)N(C)C(C)C)C(=O)NCc2ccc(N)nc2)c1. The predicted molar refractivity (Wildman–Crippen MR) is 120 cm³/mol. The molecule has 0 saturated carbocycles. The van der Waals surface area contributed by atoms with Gasteiger partial charge in [-0.2, -0.15) is 0 Å². The summed E-state index contributed by atoms with van der Waals surface area (Å²) >= 11 is 0. The highest BCUT2D eigenvalue weighted by atomic mass is 16.2. The normalized spacial score (nSPS) is 13.2. The van der Waals surface area contributed by atoms with Gasteiger partial charge in [-0.15, -0.1) is 0 Å². The number of rotatable bonds is 9. The highest BCUT2D eigenvalue weighted by Gasteiger charge is 2.25. The number of likely N-dealkylation sites (N-methyl/N-ethyl adjacent to an activating group) is 1. The zero-order chi connectivity index (χ0) is 22.3. The van der Waals surface area contributed by atoms with E-state index in [9.17, 15) is 9.59 Å². The first-order valence-corrected chi connectivity index (χ1v) is 10.2. The number of carbonyl (C=O) groups excluding carboxylic acids is 2. The van der Waals surface area contributed by atoms with E-state index in [0.717, 1.165) is 16.7 Å². The van der Waals surface area contributed by atoms with E-state index in [1.54, 1.807) is 12.3 Å². The fourth-order valence-corrected chi connectivity index (χ4v) is 3.08. The summed E-state index contributed by atoms with van der Waals surface area (Å²) in [5.41, 5.74) is 8.40. The average molecular weight is 412 g/mol. The van der Waals surface area contributed by atoms with Crippen molar-refractivity contribution in [2.24, 2.45) is 0 Å². The summed E-state index contributed by atoms with van der Waals surface area (Å²) in [7, 11) is 1.92. The number of amides is 2. The molecular formula is C23H33N5O2. The maximum absolute atomic E-state index is 13.0. The van der Waals surface area contributed by atoms with Crippen LogP contribution in [0.3, 0.4) is 0 Å². The third-order valence-electron chi connectivity index (χ3n) is 5.36. The molecule has 0 aliphatic heterocycles. The van der Waals surface area contributed by atoms with E-state index in [4.69, 9.17) is 5.73 Å². The van der Waals surface area contributed by atoms with Crippen LogP contribution in [0.5, 0.6) is 0 Å². The summed E-state index contributed by atoms with van der Waals surface area (Å²) in [6.07, 6.45) is 1.64. The number of aromatic nitrogens is 1. The molecule has 1 heterocycles. The fraction of sp³-hybridized carbons (Fsp3) is 0.435. The lowest BCUT2D eigenvalue weighted by Crippen LogP contribution is -2.47. The Balaban J connectivity index is 2.09. The molecule has 0 aliphatic carbocycles. The van der Waals surface area contributed by atoms with Crippen molar-refractivity contribution in [3.63, 3.8) is 0 Å². The van der Waals surface area contributed by atoms with Crippen molar-refractivity contribution >= 4 is 17.6 Å². The minimum atomic E-state index is -0.493. The molecule has 0 aliphatic rings. The molecule has 2 atom stereocenters. The maximum atomic E-state index is 13.0. The molecule has 30 heavy (non-hydrogen) atoms. The van der Waals surface area contributed by atoms with E-state index in [1.165, 1.54) is 0 Å². The number of nitrogens with zero attached hydrogens (tertiary/aromatic N) is 2. The summed E-state index contributed by atoms with van der Waals surface area (Å²) in [5.74, 6) is -0.306. The Morgan fingerprint density at radius 2 is 1.83 bits per heavy atom. The predicted octanol–water partition coefficient (Wildman–Crippen LogP) is 2.22. The van der Waals surface area contributed by atoms with Gasteiger partial charge in [-0.3, -0.25) is 14.5 Å². The standard InChI is InChI=1S/C23H33N5O2/c1-15(2)28(5)17(4)22(29)27-14-20(19-8-6-7-16(3)11-19)23(30)26-13-18-9-10-21(24)25-12-18/h6-12,15,17,20H,13-14H2,1-5H3,(H2,24,25)(H,26,30)(H,27,29)/t17-,20-/m0/s1. The first-order valence-electron chi connectivity index (χ1n) is 10.2. The van der Waals surface area contributed by atoms with Crippen LogP contribution in [0.25, 0.3) is 0 Å². The van der Waals surface area contributed by atoms with Crippen molar-refractivity contribution in [2.45, 2.75) is 52.2 Å². The first-order chi connectivity index (χ1) is 14.2. The number of carbonyl (C=O) groups is 2. The van der Waals surface area contributed by atoms with Crippen molar-refractivity contribution in [1.29, 1.82) is 0 Å².